The lowest BCUT2D eigenvalue weighted by Gasteiger charge is -2.52. The largest absolute Gasteiger partial charge is 0.386 e. The number of hydrogen-bond acceptors (Lipinski definition) is 5. The Balaban J connectivity index is 2.18. The van der Waals surface area contributed by atoms with E-state index in [2.05, 4.69) is 53.9 Å². The summed E-state index contributed by atoms with van der Waals surface area (Å²) in [6.45, 7) is 8.05. The van der Waals surface area contributed by atoms with E-state index in [0.29, 0.717) is 11.8 Å². The summed E-state index contributed by atoms with van der Waals surface area (Å²) in [5, 5.41) is 11.7. The van der Waals surface area contributed by atoms with Gasteiger partial charge in [0.1, 0.15) is 0 Å². The van der Waals surface area contributed by atoms with Crippen LogP contribution in [0.5, 0.6) is 0 Å². The van der Waals surface area contributed by atoms with Crippen LogP contribution >= 0.6 is 11.8 Å². The summed E-state index contributed by atoms with van der Waals surface area (Å²) in [5.41, 5.74) is 1.23. The van der Waals surface area contributed by atoms with Crippen LogP contribution in [0.25, 0.3) is 0 Å². The maximum atomic E-state index is 11.3. The maximum Gasteiger partial charge on any atom is 0.0999 e. The van der Waals surface area contributed by atoms with Crippen LogP contribution in [0.4, 0.5) is 5.69 Å². The molecule has 2 rings (SSSR count). The first-order chi connectivity index (χ1) is 10.7. The quantitative estimate of drug-likeness (QED) is 0.893. The van der Waals surface area contributed by atoms with E-state index in [-0.39, 0.29) is 5.54 Å². The summed E-state index contributed by atoms with van der Waals surface area (Å²) in [7, 11) is 4.08. The Hall–Kier alpha value is -0.780. The van der Waals surface area contributed by atoms with E-state index >= 15 is 0 Å². The smallest absolute Gasteiger partial charge is 0.0999 e. The Morgan fingerprint density at radius 1 is 1.39 bits per heavy atom. The number of piperidine rings is 1. The lowest BCUT2D eigenvalue weighted by atomic mass is 9.76. The number of likely N-dealkylation sites (N-methyl/N-ethyl adjacent to an activating group) is 1. The molecule has 130 valence electrons. The molecular weight excluding hydrogens is 306 g/mol. The Morgan fingerprint density at radius 3 is 2.61 bits per heavy atom. The number of β-amino-alcohol motifs (C(OH)–C–C–N with tert-alkyl or cyclic N) is 1. The Kier molecular flexibility index (Phi) is 5.64. The fraction of sp³-hybridized carbons (Fsp3) is 0.722. The van der Waals surface area contributed by atoms with Gasteiger partial charge in [0.05, 0.1) is 23.2 Å². The van der Waals surface area contributed by atoms with E-state index in [1.165, 1.54) is 0 Å². The minimum absolute atomic E-state index is 0.271. The first-order valence-electron chi connectivity index (χ1n) is 8.35. The van der Waals surface area contributed by atoms with Crippen LogP contribution < -0.4 is 4.90 Å². The number of hydrogen-bond donors (Lipinski definition) is 1. The zero-order valence-electron chi connectivity index (χ0n) is 15.3. The minimum Gasteiger partial charge on any atom is -0.386 e. The van der Waals surface area contributed by atoms with E-state index in [1.807, 2.05) is 20.3 Å². The van der Waals surface area contributed by atoms with Crippen molar-refractivity contribution in [1.29, 1.82) is 0 Å². The Labute approximate surface area is 145 Å². The van der Waals surface area contributed by atoms with Crippen molar-refractivity contribution in [3.63, 3.8) is 0 Å². The highest BCUT2D eigenvalue weighted by molar-refractivity contribution is 7.98. The summed E-state index contributed by atoms with van der Waals surface area (Å²) >= 11 is 1.80. The van der Waals surface area contributed by atoms with Gasteiger partial charge in [-0.05, 0) is 66.1 Å². The highest BCUT2D eigenvalue weighted by atomic mass is 32.2. The van der Waals surface area contributed by atoms with Crippen molar-refractivity contribution < 1.29 is 5.11 Å². The molecule has 1 aromatic heterocycles. The minimum atomic E-state index is -0.722. The normalized spacial score (nSPS) is 24.1. The zero-order chi connectivity index (χ0) is 17.3. The van der Waals surface area contributed by atoms with Crippen molar-refractivity contribution in [2.24, 2.45) is 0 Å². The number of aliphatic hydroxyl groups is 1. The second kappa shape index (κ2) is 6.99. The van der Waals surface area contributed by atoms with Gasteiger partial charge < -0.3 is 14.9 Å². The number of aromatic nitrogens is 1. The van der Waals surface area contributed by atoms with Crippen molar-refractivity contribution in [2.45, 2.75) is 50.0 Å². The molecule has 5 heteroatoms. The van der Waals surface area contributed by atoms with Crippen LogP contribution in [0.1, 0.15) is 44.6 Å². The van der Waals surface area contributed by atoms with Gasteiger partial charge in [-0.1, -0.05) is 0 Å². The highest BCUT2D eigenvalue weighted by Gasteiger charge is 2.47. The van der Waals surface area contributed by atoms with Crippen molar-refractivity contribution in [3.05, 3.63) is 24.0 Å². The van der Waals surface area contributed by atoms with E-state index < -0.39 is 5.60 Å². The molecule has 1 aromatic rings. The number of anilines is 1. The first kappa shape index (κ1) is 18.6. The maximum absolute atomic E-state index is 11.3. The van der Waals surface area contributed by atoms with Gasteiger partial charge in [-0.2, -0.15) is 11.8 Å². The Bertz CT molecular complexity index is 518. The van der Waals surface area contributed by atoms with Crippen LogP contribution in [0.3, 0.4) is 0 Å². The molecule has 4 nitrogen and oxygen atoms in total. The van der Waals surface area contributed by atoms with E-state index in [9.17, 15) is 5.11 Å². The first-order valence-corrected chi connectivity index (χ1v) is 9.63. The Morgan fingerprint density at radius 2 is 2.09 bits per heavy atom. The molecule has 2 heterocycles. The number of rotatable bonds is 5. The van der Waals surface area contributed by atoms with Gasteiger partial charge in [-0.3, -0.25) is 4.98 Å². The highest BCUT2D eigenvalue weighted by Crippen LogP contribution is 2.36. The monoisotopic (exact) mass is 337 g/mol. The average Bonchev–Trinajstić information content (AvgIpc) is 2.54. The van der Waals surface area contributed by atoms with E-state index in [1.54, 1.807) is 11.8 Å². The summed E-state index contributed by atoms with van der Waals surface area (Å²) < 4.78 is 0. The third-order valence-electron chi connectivity index (χ3n) is 5.63. The molecule has 0 amide bonds. The van der Waals surface area contributed by atoms with Crippen molar-refractivity contribution in [1.82, 2.24) is 9.88 Å². The molecule has 2 atom stereocenters. The van der Waals surface area contributed by atoms with Crippen molar-refractivity contribution in [2.75, 3.05) is 38.3 Å². The van der Waals surface area contributed by atoms with Crippen LogP contribution in [0.15, 0.2) is 18.3 Å². The topological polar surface area (TPSA) is 39.6 Å². The molecule has 1 aliphatic heterocycles. The van der Waals surface area contributed by atoms with Crippen LogP contribution in [0.2, 0.25) is 0 Å². The van der Waals surface area contributed by atoms with Crippen LogP contribution in [-0.4, -0.2) is 59.6 Å². The number of thioether (sulfide) groups is 1. The average molecular weight is 338 g/mol. The lowest BCUT2D eigenvalue weighted by molar-refractivity contribution is -0.0882. The zero-order valence-corrected chi connectivity index (χ0v) is 16.2. The second-order valence-corrected chi connectivity index (χ2v) is 8.51. The summed E-state index contributed by atoms with van der Waals surface area (Å²) in [5.74, 6) is 0. The lowest BCUT2D eigenvalue weighted by Crippen LogP contribution is -2.65. The van der Waals surface area contributed by atoms with Gasteiger partial charge in [-0.25, -0.2) is 0 Å². The molecule has 0 spiro atoms. The summed E-state index contributed by atoms with van der Waals surface area (Å²) in [4.78, 5) is 9.01. The van der Waals surface area contributed by atoms with Gasteiger partial charge in [0.15, 0.2) is 0 Å². The van der Waals surface area contributed by atoms with E-state index in [4.69, 9.17) is 0 Å². The van der Waals surface area contributed by atoms with Crippen LogP contribution in [0, 0.1) is 0 Å². The molecule has 1 N–H and O–H groups in total. The van der Waals surface area contributed by atoms with Gasteiger partial charge in [0, 0.05) is 23.9 Å². The van der Waals surface area contributed by atoms with Crippen LogP contribution in [-0.2, 0) is 0 Å². The number of nitrogens with zero attached hydrogens (tertiary/aromatic N) is 3. The fourth-order valence-electron chi connectivity index (χ4n) is 3.12. The van der Waals surface area contributed by atoms with Crippen molar-refractivity contribution in [3.8, 4) is 0 Å². The van der Waals surface area contributed by atoms with Gasteiger partial charge in [0.2, 0.25) is 0 Å². The van der Waals surface area contributed by atoms with Gasteiger partial charge in [-0.15, -0.1) is 0 Å². The summed E-state index contributed by atoms with van der Waals surface area (Å²) in [6, 6.07) is 4.25. The molecule has 1 saturated heterocycles. The molecule has 1 aliphatic rings. The molecule has 23 heavy (non-hydrogen) atoms. The molecule has 1 fully saturated rings. The predicted molar refractivity (Wildman–Crippen MR) is 100 cm³/mol. The predicted octanol–water partition coefficient (Wildman–Crippen LogP) is 3.18. The third-order valence-corrected chi connectivity index (χ3v) is 6.58. The second-order valence-electron chi connectivity index (χ2n) is 7.33. The number of pyridine rings is 1. The molecule has 0 radical (unpaired) electrons. The molecule has 0 bridgehead atoms. The van der Waals surface area contributed by atoms with Gasteiger partial charge >= 0.3 is 0 Å². The molecule has 0 aliphatic carbocycles. The fourth-order valence-corrected chi connectivity index (χ4v) is 3.50. The molecule has 2 unspecified atom stereocenters. The SMILES string of the molecule is CSC(C)c1ccc(N2CCCC(O)(C(C)(C)N(C)C)C2)cn1. The molecule has 0 aromatic carbocycles. The van der Waals surface area contributed by atoms with Crippen molar-refractivity contribution >= 4 is 17.4 Å². The molecular formula is C18H31N3OS. The van der Waals surface area contributed by atoms with Gasteiger partial charge in [0.25, 0.3) is 0 Å². The van der Waals surface area contributed by atoms with E-state index in [0.717, 1.165) is 30.8 Å². The third kappa shape index (κ3) is 3.67. The molecule has 0 saturated carbocycles. The summed E-state index contributed by atoms with van der Waals surface area (Å²) in [6.07, 6.45) is 5.89. The standard InChI is InChI=1S/C18H31N3OS/c1-14(23-6)16-9-8-15(12-19-16)21-11-7-10-18(22,13-21)17(2,3)20(4)5/h8-9,12,14,22H,7,10-11,13H2,1-6H3.